The molecule has 0 bridgehead atoms. The molecule has 1 aromatic rings. The van der Waals surface area contributed by atoms with Gasteiger partial charge in [0.2, 0.25) is 0 Å². The van der Waals surface area contributed by atoms with Crippen molar-refractivity contribution in [2.75, 3.05) is 19.8 Å². The molecule has 0 saturated carbocycles. The monoisotopic (exact) mass is 364 g/mol. The summed E-state index contributed by atoms with van der Waals surface area (Å²) in [7, 11) is 0. The van der Waals surface area contributed by atoms with Gasteiger partial charge in [-0.15, -0.1) is 0 Å². The minimum Gasteiger partial charge on any atom is -0.508 e. The smallest absolute Gasteiger partial charge is 0.115 e. The summed E-state index contributed by atoms with van der Waals surface area (Å²) in [4.78, 5) is 0. The molecule has 0 radical (unpaired) electrons. The second kappa shape index (κ2) is 16.1. The van der Waals surface area contributed by atoms with Crippen molar-refractivity contribution in [3.8, 4) is 5.75 Å². The first-order valence-electron chi connectivity index (χ1n) is 10.7. The standard InChI is InChI=1S/C18H30O.C3H6O.C2H4O/c1-2-3-4-5-6-7-8-9-10-11-12-17-13-15-18(19)16-14-17;1-3-2-4-3;1-2-3-1/h13-16,19H,2-12H2,1H3;3H,2H2,1H3;1-2H2. The van der Waals surface area contributed by atoms with Crippen LogP contribution in [0.2, 0.25) is 0 Å². The van der Waals surface area contributed by atoms with Crippen molar-refractivity contribution >= 4 is 0 Å². The van der Waals surface area contributed by atoms with Crippen LogP contribution in [0, 0.1) is 0 Å². The second-order valence-electron chi connectivity index (χ2n) is 7.35. The van der Waals surface area contributed by atoms with Crippen LogP contribution in [0.15, 0.2) is 24.3 Å². The predicted molar refractivity (Wildman–Crippen MR) is 110 cm³/mol. The van der Waals surface area contributed by atoms with Crippen LogP contribution >= 0.6 is 0 Å². The molecule has 0 spiro atoms. The van der Waals surface area contributed by atoms with Crippen molar-refractivity contribution in [1.82, 2.24) is 0 Å². The van der Waals surface area contributed by atoms with Gasteiger partial charge in [0.15, 0.2) is 0 Å². The lowest BCUT2D eigenvalue weighted by molar-refractivity contribution is 0.423. The summed E-state index contributed by atoms with van der Waals surface area (Å²) in [5.41, 5.74) is 1.34. The number of epoxide rings is 2. The van der Waals surface area contributed by atoms with Gasteiger partial charge in [0.25, 0.3) is 0 Å². The summed E-state index contributed by atoms with van der Waals surface area (Å²) in [5, 5.41) is 9.20. The number of hydrogen-bond donors (Lipinski definition) is 1. The molecule has 0 aliphatic carbocycles. The van der Waals surface area contributed by atoms with Gasteiger partial charge in [-0.3, -0.25) is 0 Å². The van der Waals surface area contributed by atoms with Crippen LogP contribution < -0.4 is 0 Å². The molecule has 2 saturated heterocycles. The van der Waals surface area contributed by atoms with E-state index in [2.05, 4.69) is 18.6 Å². The van der Waals surface area contributed by atoms with E-state index in [9.17, 15) is 5.11 Å². The molecule has 1 atom stereocenters. The zero-order valence-electron chi connectivity index (χ0n) is 17.0. The maximum atomic E-state index is 9.20. The Morgan fingerprint density at radius 1 is 0.846 bits per heavy atom. The molecule has 2 aliphatic rings. The highest BCUT2D eigenvalue weighted by Crippen LogP contribution is 2.14. The van der Waals surface area contributed by atoms with E-state index in [-0.39, 0.29) is 0 Å². The Balaban J connectivity index is 0.000000393. The lowest BCUT2D eigenvalue weighted by Gasteiger charge is -2.03. The van der Waals surface area contributed by atoms with Gasteiger partial charge in [0.1, 0.15) is 5.75 Å². The molecule has 0 aromatic heterocycles. The van der Waals surface area contributed by atoms with Gasteiger partial charge in [0, 0.05) is 0 Å². The van der Waals surface area contributed by atoms with Gasteiger partial charge in [-0.05, 0) is 37.5 Å². The topological polar surface area (TPSA) is 45.3 Å². The van der Waals surface area contributed by atoms with E-state index < -0.39 is 0 Å². The van der Waals surface area contributed by atoms with Gasteiger partial charge in [-0.2, -0.15) is 0 Å². The van der Waals surface area contributed by atoms with Crippen LogP contribution in [0.5, 0.6) is 5.75 Å². The number of phenolic OH excluding ortho intramolecular Hbond substituents is 1. The van der Waals surface area contributed by atoms with Crippen LogP contribution in [0.3, 0.4) is 0 Å². The molecule has 0 amide bonds. The minimum atomic E-state index is 0.367. The summed E-state index contributed by atoms with van der Waals surface area (Å²) in [6.07, 6.45) is 15.6. The van der Waals surface area contributed by atoms with E-state index >= 15 is 0 Å². The van der Waals surface area contributed by atoms with Gasteiger partial charge in [0.05, 0.1) is 25.9 Å². The van der Waals surface area contributed by atoms with E-state index in [0.717, 1.165) is 26.2 Å². The van der Waals surface area contributed by atoms with E-state index in [1.807, 2.05) is 12.1 Å². The molecule has 2 fully saturated rings. The molecule has 3 nitrogen and oxygen atoms in total. The fourth-order valence-corrected chi connectivity index (χ4v) is 2.58. The van der Waals surface area contributed by atoms with E-state index in [1.165, 1.54) is 69.8 Å². The molecule has 2 aliphatic heterocycles. The zero-order valence-corrected chi connectivity index (χ0v) is 17.0. The predicted octanol–water partition coefficient (Wildman–Crippen LogP) is 6.28. The maximum absolute atomic E-state index is 9.20. The highest BCUT2D eigenvalue weighted by atomic mass is 16.6. The van der Waals surface area contributed by atoms with E-state index in [4.69, 9.17) is 4.74 Å². The Bertz CT molecular complexity index is 407. The van der Waals surface area contributed by atoms with E-state index in [0.29, 0.717) is 11.9 Å². The summed E-state index contributed by atoms with van der Waals surface area (Å²) >= 11 is 0. The summed E-state index contributed by atoms with van der Waals surface area (Å²) in [5.74, 6) is 0.367. The molecule has 150 valence electrons. The van der Waals surface area contributed by atoms with Crippen molar-refractivity contribution in [2.24, 2.45) is 0 Å². The van der Waals surface area contributed by atoms with Crippen LogP contribution in [0.25, 0.3) is 0 Å². The number of benzene rings is 1. The maximum Gasteiger partial charge on any atom is 0.115 e. The van der Waals surface area contributed by atoms with Crippen molar-refractivity contribution in [3.63, 3.8) is 0 Å². The first kappa shape index (κ1) is 23.0. The largest absolute Gasteiger partial charge is 0.508 e. The second-order valence-corrected chi connectivity index (χ2v) is 7.35. The van der Waals surface area contributed by atoms with Gasteiger partial charge < -0.3 is 14.6 Å². The third-order valence-electron chi connectivity index (χ3n) is 4.46. The first-order valence-corrected chi connectivity index (χ1v) is 10.7. The number of ether oxygens (including phenoxy) is 2. The molecule has 3 rings (SSSR count). The number of unbranched alkanes of at least 4 members (excludes halogenated alkanes) is 9. The van der Waals surface area contributed by atoms with Gasteiger partial charge in [-0.25, -0.2) is 0 Å². The quantitative estimate of drug-likeness (QED) is 0.371. The molecule has 1 aromatic carbocycles. The van der Waals surface area contributed by atoms with Crippen LogP contribution in [0.4, 0.5) is 0 Å². The summed E-state index contributed by atoms with van der Waals surface area (Å²) in [6.45, 7) is 7.31. The molecule has 3 heteroatoms. The lowest BCUT2D eigenvalue weighted by Crippen LogP contribution is -1.86. The summed E-state index contributed by atoms with van der Waals surface area (Å²) < 4.78 is 9.21. The Labute approximate surface area is 161 Å². The van der Waals surface area contributed by atoms with E-state index in [1.54, 1.807) is 12.1 Å². The molecule has 2 heterocycles. The molecular formula is C23H40O3. The van der Waals surface area contributed by atoms with Crippen LogP contribution in [0.1, 0.15) is 83.6 Å². The third kappa shape index (κ3) is 17.8. The number of hydrogen-bond acceptors (Lipinski definition) is 3. The molecular weight excluding hydrogens is 324 g/mol. The Kier molecular flexibility index (Phi) is 14.3. The highest BCUT2D eigenvalue weighted by Gasteiger charge is 2.13. The normalized spacial score (nSPS) is 16.8. The van der Waals surface area contributed by atoms with Crippen LogP contribution in [-0.2, 0) is 15.9 Å². The minimum absolute atomic E-state index is 0.367. The van der Waals surface area contributed by atoms with Crippen molar-refractivity contribution in [1.29, 1.82) is 0 Å². The number of aryl methyl sites for hydroxylation is 1. The highest BCUT2D eigenvalue weighted by molar-refractivity contribution is 5.25. The fraction of sp³-hybridized carbons (Fsp3) is 0.739. The van der Waals surface area contributed by atoms with Crippen molar-refractivity contribution in [3.05, 3.63) is 29.8 Å². The number of aromatic hydroxyl groups is 1. The molecule has 26 heavy (non-hydrogen) atoms. The molecule has 1 N–H and O–H groups in total. The Morgan fingerprint density at radius 3 is 1.65 bits per heavy atom. The Hall–Kier alpha value is -1.06. The lowest BCUT2D eigenvalue weighted by atomic mass is 10.0. The van der Waals surface area contributed by atoms with Crippen LogP contribution in [-0.4, -0.2) is 31.0 Å². The average Bonchev–Trinajstić information content (AvgIpc) is 3.54. The molecule has 1 unspecified atom stereocenters. The SMILES string of the molecule is C1CO1.CC1CO1.CCCCCCCCCCCCc1ccc(O)cc1. The van der Waals surface area contributed by atoms with Crippen molar-refractivity contribution < 1.29 is 14.6 Å². The zero-order chi connectivity index (χ0) is 18.9. The number of rotatable bonds is 11. The number of phenols is 1. The average molecular weight is 365 g/mol. The Morgan fingerprint density at radius 2 is 1.27 bits per heavy atom. The third-order valence-corrected chi connectivity index (χ3v) is 4.46. The van der Waals surface area contributed by atoms with Gasteiger partial charge >= 0.3 is 0 Å². The van der Waals surface area contributed by atoms with Gasteiger partial charge in [-0.1, -0.05) is 76.8 Å². The first-order chi connectivity index (χ1) is 12.7. The fourth-order valence-electron chi connectivity index (χ4n) is 2.58. The summed E-state index contributed by atoms with van der Waals surface area (Å²) in [6, 6.07) is 7.63. The van der Waals surface area contributed by atoms with Crippen molar-refractivity contribution in [2.45, 2.75) is 90.6 Å².